The third-order valence-electron chi connectivity index (χ3n) is 2.99. The Hall–Kier alpha value is -2.48. The molecule has 0 heterocycles. The maximum atomic E-state index is 12.1. The largest absolute Gasteiger partial charge is 0.469 e. The van der Waals surface area contributed by atoms with Gasteiger partial charge in [0, 0.05) is 13.0 Å². The third kappa shape index (κ3) is 6.74. The quantitative estimate of drug-likeness (QED) is 0.510. The first kappa shape index (κ1) is 19.6. The second kappa shape index (κ2) is 10.3. The number of carbonyl (C=O) groups is 3. The fraction of sp³-hybridized carbons (Fsp3) is 0.375. The minimum absolute atomic E-state index is 0.0268. The lowest BCUT2D eigenvalue weighted by molar-refractivity contribution is -0.142. The van der Waals surface area contributed by atoms with Crippen molar-refractivity contribution in [2.45, 2.75) is 26.2 Å². The average molecular weight is 351 g/mol. The molecule has 0 aliphatic heterocycles. The van der Waals surface area contributed by atoms with E-state index >= 15 is 0 Å². The summed E-state index contributed by atoms with van der Waals surface area (Å²) < 4.78 is 4.46. The predicted molar refractivity (Wildman–Crippen MR) is 94.7 cm³/mol. The molecule has 0 aliphatic rings. The van der Waals surface area contributed by atoms with Gasteiger partial charge in [0.2, 0.25) is 5.91 Å². The summed E-state index contributed by atoms with van der Waals surface area (Å²) in [6.45, 7) is 2.53. The van der Waals surface area contributed by atoms with Crippen LogP contribution in [0.25, 0.3) is 0 Å². The van der Waals surface area contributed by atoms with Crippen LogP contribution >= 0.6 is 12.2 Å². The van der Waals surface area contributed by atoms with Gasteiger partial charge in [-0.1, -0.05) is 19.1 Å². The first-order valence-electron chi connectivity index (χ1n) is 7.52. The summed E-state index contributed by atoms with van der Waals surface area (Å²) in [6, 6.07) is 6.84. The van der Waals surface area contributed by atoms with Crippen molar-refractivity contribution in [2.75, 3.05) is 19.0 Å². The van der Waals surface area contributed by atoms with Gasteiger partial charge in [-0.05, 0) is 30.8 Å². The number of carbonyl (C=O) groups excluding carboxylic acids is 3. The summed E-state index contributed by atoms with van der Waals surface area (Å²) in [7, 11) is 1.26. The molecule has 0 saturated carbocycles. The van der Waals surface area contributed by atoms with Crippen LogP contribution in [0.2, 0.25) is 0 Å². The topological polar surface area (TPSA) is 96.5 Å². The normalized spacial score (nSPS) is 9.75. The van der Waals surface area contributed by atoms with Gasteiger partial charge < -0.3 is 20.7 Å². The smallest absolute Gasteiger partial charge is 0.306 e. The number of thiocarbonyl (C=S) groups is 1. The monoisotopic (exact) mass is 351 g/mol. The summed E-state index contributed by atoms with van der Waals surface area (Å²) in [5.74, 6) is -1.10. The van der Waals surface area contributed by atoms with Crippen LogP contribution in [0.15, 0.2) is 24.3 Å². The molecule has 0 aromatic heterocycles. The summed E-state index contributed by atoms with van der Waals surface area (Å²) in [6.07, 6.45) is 0.768. The van der Waals surface area contributed by atoms with Gasteiger partial charge in [0.25, 0.3) is 5.91 Å². The Morgan fingerprint density at radius 2 is 1.88 bits per heavy atom. The highest BCUT2D eigenvalue weighted by molar-refractivity contribution is 7.80. The molecule has 3 N–H and O–H groups in total. The van der Waals surface area contributed by atoms with Crippen LogP contribution in [0, 0.1) is 0 Å². The zero-order valence-corrected chi connectivity index (χ0v) is 14.5. The van der Waals surface area contributed by atoms with E-state index in [2.05, 4.69) is 20.7 Å². The lowest BCUT2D eigenvalue weighted by atomic mass is 10.1. The van der Waals surface area contributed by atoms with E-state index in [9.17, 15) is 14.4 Å². The van der Waals surface area contributed by atoms with Crippen molar-refractivity contribution in [3.8, 4) is 0 Å². The lowest BCUT2D eigenvalue weighted by Crippen LogP contribution is -2.35. The van der Waals surface area contributed by atoms with Gasteiger partial charge in [0.1, 0.15) is 0 Å². The van der Waals surface area contributed by atoms with E-state index in [1.807, 2.05) is 6.92 Å². The van der Waals surface area contributed by atoms with Crippen molar-refractivity contribution in [2.24, 2.45) is 0 Å². The van der Waals surface area contributed by atoms with Crippen molar-refractivity contribution >= 4 is 40.8 Å². The molecule has 0 atom stereocenters. The minimum Gasteiger partial charge on any atom is -0.469 e. The summed E-state index contributed by atoms with van der Waals surface area (Å²) in [5.41, 5.74) is 0.918. The molecule has 8 heteroatoms. The number of esters is 1. The molecule has 1 aromatic carbocycles. The fourth-order valence-electron chi connectivity index (χ4n) is 1.78. The van der Waals surface area contributed by atoms with E-state index < -0.39 is 11.9 Å². The molecule has 2 amide bonds. The Morgan fingerprint density at radius 1 is 1.17 bits per heavy atom. The van der Waals surface area contributed by atoms with Gasteiger partial charge >= 0.3 is 5.97 Å². The molecular formula is C16H21N3O4S. The number of rotatable bonds is 7. The number of nitrogens with one attached hydrogen (secondary N) is 3. The highest BCUT2D eigenvalue weighted by Crippen LogP contribution is 2.14. The van der Waals surface area contributed by atoms with E-state index in [0.29, 0.717) is 17.8 Å². The number of hydrogen-bond acceptors (Lipinski definition) is 5. The van der Waals surface area contributed by atoms with Gasteiger partial charge in [-0.2, -0.15) is 0 Å². The number of benzene rings is 1. The van der Waals surface area contributed by atoms with Gasteiger partial charge in [-0.25, -0.2) is 0 Å². The molecule has 7 nitrogen and oxygen atoms in total. The predicted octanol–water partition coefficient (Wildman–Crippen LogP) is 1.59. The first-order chi connectivity index (χ1) is 11.5. The van der Waals surface area contributed by atoms with Crippen LogP contribution in [0.3, 0.4) is 0 Å². The highest BCUT2D eigenvalue weighted by Gasteiger charge is 2.13. The minimum atomic E-state index is -0.470. The van der Waals surface area contributed by atoms with Crippen molar-refractivity contribution < 1.29 is 19.1 Å². The lowest BCUT2D eigenvalue weighted by Gasteiger charge is -2.13. The molecule has 1 rings (SSSR count). The van der Waals surface area contributed by atoms with Gasteiger partial charge in [-0.3, -0.25) is 14.4 Å². The maximum absolute atomic E-state index is 12.1. The SMILES string of the molecule is CCCNC(=O)c1ccccc1NC(=S)NC(=O)CCC(=O)OC. The van der Waals surface area contributed by atoms with Crippen molar-refractivity contribution in [3.05, 3.63) is 29.8 Å². The standard InChI is InChI=1S/C16H21N3O4S/c1-3-10-17-15(22)11-6-4-5-7-12(11)18-16(24)19-13(20)8-9-14(21)23-2/h4-7H,3,8-10H2,1-2H3,(H,17,22)(H2,18,19,20,24). The Morgan fingerprint density at radius 3 is 2.54 bits per heavy atom. The fourth-order valence-corrected chi connectivity index (χ4v) is 2.01. The van der Waals surface area contributed by atoms with E-state index in [4.69, 9.17) is 12.2 Å². The van der Waals surface area contributed by atoms with Crippen LogP contribution in [0.4, 0.5) is 5.69 Å². The molecule has 24 heavy (non-hydrogen) atoms. The number of ether oxygens (including phenoxy) is 1. The Bertz CT molecular complexity index is 619. The number of para-hydroxylation sites is 1. The number of anilines is 1. The Kier molecular flexibility index (Phi) is 8.42. The van der Waals surface area contributed by atoms with Crippen LogP contribution in [0.1, 0.15) is 36.5 Å². The molecule has 0 radical (unpaired) electrons. The zero-order valence-electron chi connectivity index (χ0n) is 13.7. The van der Waals surface area contributed by atoms with Crippen molar-refractivity contribution in [1.29, 1.82) is 0 Å². The van der Waals surface area contributed by atoms with Gasteiger partial charge in [0.05, 0.1) is 24.8 Å². The molecule has 0 aliphatic carbocycles. The molecule has 0 bridgehead atoms. The van der Waals surface area contributed by atoms with E-state index in [0.717, 1.165) is 6.42 Å². The average Bonchev–Trinajstić information content (AvgIpc) is 2.57. The van der Waals surface area contributed by atoms with Gasteiger partial charge in [0.15, 0.2) is 5.11 Å². The molecule has 1 aromatic rings. The molecule has 130 valence electrons. The zero-order chi connectivity index (χ0) is 17.9. The number of methoxy groups -OCH3 is 1. The van der Waals surface area contributed by atoms with Crippen LogP contribution in [-0.2, 0) is 14.3 Å². The molecular weight excluding hydrogens is 330 g/mol. The number of hydrogen-bond donors (Lipinski definition) is 3. The second-order valence-electron chi connectivity index (χ2n) is 4.88. The highest BCUT2D eigenvalue weighted by atomic mass is 32.1. The molecule has 0 spiro atoms. The van der Waals surface area contributed by atoms with E-state index in [-0.39, 0.29) is 23.9 Å². The Balaban J connectivity index is 2.62. The van der Waals surface area contributed by atoms with Crippen LogP contribution in [0.5, 0.6) is 0 Å². The van der Waals surface area contributed by atoms with Gasteiger partial charge in [-0.15, -0.1) is 0 Å². The summed E-state index contributed by atoms with van der Waals surface area (Å²) in [4.78, 5) is 34.8. The van der Waals surface area contributed by atoms with E-state index in [1.165, 1.54) is 7.11 Å². The summed E-state index contributed by atoms with van der Waals surface area (Å²) >= 11 is 5.06. The first-order valence-corrected chi connectivity index (χ1v) is 7.93. The molecule has 0 saturated heterocycles. The molecule has 0 fully saturated rings. The maximum Gasteiger partial charge on any atom is 0.306 e. The third-order valence-corrected chi connectivity index (χ3v) is 3.20. The van der Waals surface area contributed by atoms with E-state index in [1.54, 1.807) is 24.3 Å². The Labute approximate surface area is 146 Å². The summed E-state index contributed by atoms with van der Waals surface area (Å²) in [5, 5.41) is 8.12. The molecule has 0 unspecified atom stereocenters. The van der Waals surface area contributed by atoms with Crippen LogP contribution < -0.4 is 16.0 Å². The van der Waals surface area contributed by atoms with Crippen LogP contribution in [-0.4, -0.2) is 36.6 Å². The van der Waals surface area contributed by atoms with Crippen molar-refractivity contribution in [1.82, 2.24) is 10.6 Å². The number of amides is 2. The van der Waals surface area contributed by atoms with Crippen molar-refractivity contribution in [3.63, 3.8) is 0 Å². The second-order valence-corrected chi connectivity index (χ2v) is 5.29.